The quantitative estimate of drug-likeness (QED) is 0.458. The Morgan fingerprint density at radius 3 is 2.27 bits per heavy atom. The second-order valence-corrected chi connectivity index (χ2v) is 11.4. The van der Waals surface area contributed by atoms with E-state index >= 15 is 0 Å². The smallest absolute Gasteiger partial charge is 0.264 e. The highest BCUT2D eigenvalue weighted by Crippen LogP contribution is 2.28. The molecule has 0 aromatic heterocycles. The Morgan fingerprint density at radius 2 is 1.62 bits per heavy atom. The molecule has 1 aliphatic rings. The van der Waals surface area contributed by atoms with Gasteiger partial charge in [0.15, 0.2) is 0 Å². The molecular formula is C29H33N3O4S. The number of sulfonamides is 1. The fraction of sp³-hybridized carbons (Fsp3) is 0.310. The van der Waals surface area contributed by atoms with E-state index in [0.29, 0.717) is 18.7 Å². The molecule has 7 nitrogen and oxygen atoms in total. The van der Waals surface area contributed by atoms with E-state index in [-0.39, 0.29) is 23.9 Å². The Hall–Kier alpha value is -3.65. The maximum Gasteiger partial charge on any atom is 0.264 e. The molecule has 1 heterocycles. The third-order valence-electron chi connectivity index (χ3n) is 6.64. The summed E-state index contributed by atoms with van der Waals surface area (Å²) in [6, 6.07) is 19.8. The number of aryl methyl sites for hydroxylation is 3. The molecule has 0 aliphatic carbocycles. The summed E-state index contributed by atoms with van der Waals surface area (Å²) >= 11 is 0. The molecule has 4 rings (SSSR count). The van der Waals surface area contributed by atoms with Gasteiger partial charge in [0.1, 0.15) is 6.54 Å². The molecule has 3 aromatic rings. The van der Waals surface area contributed by atoms with Crippen LogP contribution in [0.3, 0.4) is 0 Å². The topological polar surface area (TPSA) is 86.8 Å². The predicted molar refractivity (Wildman–Crippen MR) is 145 cm³/mol. The average Bonchev–Trinajstić information content (AvgIpc) is 3.27. The highest BCUT2D eigenvalue weighted by molar-refractivity contribution is 7.92. The molecule has 1 fully saturated rings. The third-order valence-corrected chi connectivity index (χ3v) is 8.42. The monoisotopic (exact) mass is 519 g/mol. The first-order valence-electron chi connectivity index (χ1n) is 12.4. The molecule has 0 atom stereocenters. The molecular weight excluding hydrogens is 486 g/mol. The number of carbonyl (C=O) groups is 2. The minimum absolute atomic E-state index is 0.131. The van der Waals surface area contributed by atoms with Crippen LogP contribution in [0.5, 0.6) is 0 Å². The molecule has 3 aromatic carbocycles. The van der Waals surface area contributed by atoms with Crippen molar-refractivity contribution < 1.29 is 18.0 Å². The molecule has 0 spiro atoms. The van der Waals surface area contributed by atoms with Crippen LogP contribution in [0.2, 0.25) is 0 Å². The van der Waals surface area contributed by atoms with Crippen LogP contribution < -0.4 is 9.62 Å². The molecule has 1 N–H and O–H groups in total. The third kappa shape index (κ3) is 6.20. The largest absolute Gasteiger partial charge is 0.350 e. The lowest BCUT2D eigenvalue weighted by atomic mass is 10.1. The summed E-state index contributed by atoms with van der Waals surface area (Å²) in [6.07, 6.45) is 1.43. The summed E-state index contributed by atoms with van der Waals surface area (Å²) in [6.45, 7) is 6.80. The summed E-state index contributed by atoms with van der Waals surface area (Å²) in [5, 5.41) is 2.89. The second-order valence-electron chi connectivity index (χ2n) is 9.58. The Balaban J connectivity index is 1.55. The van der Waals surface area contributed by atoms with Crippen molar-refractivity contribution >= 4 is 27.5 Å². The van der Waals surface area contributed by atoms with Crippen LogP contribution in [-0.4, -0.2) is 38.2 Å². The second kappa shape index (κ2) is 11.2. The van der Waals surface area contributed by atoms with Gasteiger partial charge < -0.3 is 10.2 Å². The number of likely N-dealkylation sites (tertiary alicyclic amines) is 1. The Kier molecular flexibility index (Phi) is 7.97. The van der Waals surface area contributed by atoms with Crippen molar-refractivity contribution in [3.05, 3.63) is 94.5 Å². The number of carbonyl (C=O) groups excluding carboxylic acids is 2. The van der Waals surface area contributed by atoms with Crippen LogP contribution in [0.1, 0.15) is 40.7 Å². The zero-order valence-corrected chi connectivity index (χ0v) is 22.3. The number of amides is 2. The van der Waals surface area contributed by atoms with Gasteiger partial charge in [0.2, 0.25) is 11.8 Å². The van der Waals surface area contributed by atoms with Crippen molar-refractivity contribution in [2.45, 2.75) is 51.6 Å². The Morgan fingerprint density at radius 1 is 0.946 bits per heavy atom. The highest BCUT2D eigenvalue weighted by Gasteiger charge is 2.28. The van der Waals surface area contributed by atoms with Gasteiger partial charge in [0.25, 0.3) is 10.0 Å². The van der Waals surface area contributed by atoms with Crippen LogP contribution >= 0.6 is 0 Å². The lowest BCUT2D eigenvalue weighted by Gasteiger charge is -2.26. The van der Waals surface area contributed by atoms with E-state index in [1.807, 2.05) is 62.1 Å². The summed E-state index contributed by atoms with van der Waals surface area (Å²) in [5.74, 6) is -0.271. The van der Waals surface area contributed by atoms with Crippen molar-refractivity contribution in [3.63, 3.8) is 0 Å². The number of anilines is 1. The molecule has 1 saturated heterocycles. The zero-order chi connectivity index (χ0) is 26.6. The van der Waals surface area contributed by atoms with Crippen molar-refractivity contribution in [1.29, 1.82) is 0 Å². The maximum atomic E-state index is 13.7. The number of hydrogen-bond donors (Lipinski definition) is 1. The van der Waals surface area contributed by atoms with Crippen molar-refractivity contribution in [3.8, 4) is 0 Å². The van der Waals surface area contributed by atoms with Gasteiger partial charge in [-0.15, -0.1) is 0 Å². The maximum absolute atomic E-state index is 13.7. The van der Waals surface area contributed by atoms with Crippen LogP contribution in [-0.2, 0) is 32.7 Å². The molecule has 0 saturated carbocycles. The van der Waals surface area contributed by atoms with Crippen LogP contribution in [0, 0.1) is 20.8 Å². The minimum atomic E-state index is -3.99. The summed E-state index contributed by atoms with van der Waals surface area (Å²) < 4.78 is 28.5. The van der Waals surface area contributed by atoms with E-state index < -0.39 is 15.9 Å². The van der Waals surface area contributed by atoms with Crippen molar-refractivity contribution in [2.24, 2.45) is 0 Å². The van der Waals surface area contributed by atoms with Crippen LogP contribution in [0.4, 0.5) is 5.69 Å². The standard InChI is InChI=1S/C29H33N3O4S/c1-21-10-13-26(14-11-21)37(35,36)32(27-15-12-22(2)17-23(27)3)20-28(33)30-18-24-7-4-5-8-25(24)19-31-16-6-9-29(31)34/h4-5,7-8,10-15,17H,6,9,16,18-20H2,1-3H3,(H,30,33). The molecule has 194 valence electrons. The molecule has 8 heteroatoms. The van der Waals surface area contributed by atoms with Gasteiger partial charge in [-0.3, -0.25) is 13.9 Å². The summed E-state index contributed by atoms with van der Waals surface area (Å²) in [7, 11) is -3.99. The number of hydrogen-bond acceptors (Lipinski definition) is 4. The molecule has 0 radical (unpaired) electrons. The number of nitrogens with zero attached hydrogens (tertiary/aromatic N) is 2. The van der Waals surface area contributed by atoms with Gasteiger partial charge in [-0.2, -0.15) is 0 Å². The summed E-state index contributed by atoms with van der Waals surface area (Å²) in [4.78, 5) is 27.2. The van der Waals surface area contributed by atoms with Gasteiger partial charge in [-0.1, -0.05) is 59.7 Å². The van der Waals surface area contributed by atoms with E-state index in [4.69, 9.17) is 0 Å². The SMILES string of the molecule is Cc1ccc(S(=O)(=O)N(CC(=O)NCc2ccccc2CN2CCCC2=O)c2ccc(C)cc2C)cc1. The normalized spacial score (nSPS) is 13.6. The number of nitrogens with one attached hydrogen (secondary N) is 1. The van der Waals surface area contributed by atoms with E-state index in [9.17, 15) is 18.0 Å². The van der Waals surface area contributed by atoms with Gasteiger partial charge in [-0.25, -0.2) is 8.42 Å². The fourth-order valence-electron chi connectivity index (χ4n) is 4.56. The number of benzene rings is 3. The van der Waals surface area contributed by atoms with E-state index in [1.165, 1.54) is 4.31 Å². The lowest BCUT2D eigenvalue weighted by molar-refractivity contribution is -0.128. The first-order valence-corrected chi connectivity index (χ1v) is 13.9. The number of rotatable bonds is 9. The van der Waals surface area contributed by atoms with Gasteiger partial charge in [0, 0.05) is 26.1 Å². The van der Waals surface area contributed by atoms with Crippen molar-refractivity contribution in [1.82, 2.24) is 10.2 Å². The average molecular weight is 520 g/mol. The van der Waals surface area contributed by atoms with Crippen LogP contribution in [0.15, 0.2) is 71.6 Å². The molecule has 37 heavy (non-hydrogen) atoms. The van der Waals surface area contributed by atoms with E-state index in [0.717, 1.165) is 40.8 Å². The lowest BCUT2D eigenvalue weighted by Crippen LogP contribution is -2.41. The Bertz CT molecular complexity index is 1400. The highest BCUT2D eigenvalue weighted by atomic mass is 32.2. The molecule has 0 unspecified atom stereocenters. The van der Waals surface area contributed by atoms with Gasteiger partial charge in [-0.05, 0) is 62.1 Å². The first kappa shape index (κ1) is 26.4. The minimum Gasteiger partial charge on any atom is -0.350 e. The van der Waals surface area contributed by atoms with Gasteiger partial charge in [0.05, 0.1) is 10.6 Å². The zero-order valence-electron chi connectivity index (χ0n) is 21.5. The fourth-order valence-corrected chi connectivity index (χ4v) is 6.05. The van der Waals surface area contributed by atoms with E-state index in [1.54, 1.807) is 30.3 Å². The predicted octanol–water partition coefficient (Wildman–Crippen LogP) is 4.25. The Labute approximate surface area is 219 Å². The molecule has 2 amide bonds. The van der Waals surface area contributed by atoms with Crippen LogP contribution in [0.25, 0.3) is 0 Å². The first-order chi connectivity index (χ1) is 17.6. The molecule has 1 aliphatic heterocycles. The van der Waals surface area contributed by atoms with Gasteiger partial charge >= 0.3 is 0 Å². The van der Waals surface area contributed by atoms with Crippen molar-refractivity contribution in [2.75, 3.05) is 17.4 Å². The van der Waals surface area contributed by atoms with E-state index in [2.05, 4.69) is 5.32 Å². The molecule has 0 bridgehead atoms. The summed E-state index contributed by atoms with van der Waals surface area (Å²) in [5.41, 5.74) is 5.06.